The fourth-order valence-electron chi connectivity index (χ4n) is 4.23. The van der Waals surface area contributed by atoms with E-state index in [1.54, 1.807) is 39.0 Å². The van der Waals surface area contributed by atoms with Crippen molar-refractivity contribution >= 4 is 23.7 Å². The molecule has 0 radical (unpaired) electrons. The van der Waals surface area contributed by atoms with Gasteiger partial charge in [0, 0.05) is 17.8 Å². The summed E-state index contributed by atoms with van der Waals surface area (Å²) in [6.07, 6.45) is 2.46. The molecule has 0 bridgehead atoms. The molecule has 0 saturated heterocycles. The zero-order valence-corrected chi connectivity index (χ0v) is 23.0. The van der Waals surface area contributed by atoms with Crippen LogP contribution >= 0.6 is 0 Å². The van der Waals surface area contributed by atoms with Gasteiger partial charge < -0.3 is 24.8 Å². The Bertz CT molecular complexity index is 1090. The highest BCUT2D eigenvalue weighted by molar-refractivity contribution is 5.96. The lowest BCUT2D eigenvalue weighted by Gasteiger charge is -2.24. The second-order valence-corrected chi connectivity index (χ2v) is 11.1. The summed E-state index contributed by atoms with van der Waals surface area (Å²) in [6.45, 7) is 10.2. The predicted octanol–water partition coefficient (Wildman–Crippen LogP) is 6.10. The van der Waals surface area contributed by atoms with Crippen LogP contribution in [0.3, 0.4) is 0 Å². The Morgan fingerprint density at radius 2 is 1.76 bits per heavy atom. The quantitative estimate of drug-likeness (QED) is 0.364. The lowest BCUT2D eigenvalue weighted by Crippen LogP contribution is -2.44. The Labute approximate surface area is 225 Å². The van der Waals surface area contributed by atoms with Crippen molar-refractivity contribution in [2.75, 3.05) is 11.9 Å². The molecule has 0 unspecified atom stereocenters. The standard InChI is InChI=1S/C30H40N2O6/c1-20(2)14-15-36-24-17-22(28(34)37-19-21-10-7-6-8-11-21)16-23(18-24)31-27(33)25-12-9-13-26(25)32-29(35)38-30(3,4)5/h6-8,10-11,16-18,20,25-26H,9,12-15,19H2,1-5H3,(H,31,33)(H,32,35)/t25-,26-/m0/s1. The summed E-state index contributed by atoms with van der Waals surface area (Å²) in [6, 6.07) is 14.0. The van der Waals surface area contributed by atoms with E-state index in [0.29, 0.717) is 36.8 Å². The summed E-state index contributed by atoms with van der Waals surface area (Å²) in [5, 5.41) is 5.77. The third kappa shape index (κ3) is 9.39. The molecule has 1 saturated carbocycles. The van der Waals surface area contributed by atoms with Crippen LogP contribution < -0.4 is 15.4 Å². The van der Waals surface area contributed by atoms with Gasteiger partial charge >= 0.3 is 12.1 Å². The van der Waals surface area contributed by atoms with Crippen molar-refractivity contribution in [2.24, 2.45) is 11.8 Å². The maximum Gasteiger partial charge on any atom is 0.407 e. The number of benzene rings is 2. The van der Waals surface area contributed by atoms with E-state index in [1.165, 1.54) is 0 Å². The lowest BCUT2D eigenvalue weighted by atomic mass is 10.0. The molecular weight excluding hydrogens is 484 g/mol. The van der Waals surface area contributed by atoms with Crippen LogP contribution in [0.15, 0.2) is 48.5 Å². The van der Waals surface area contributed by atoms with Gasteiger partial charge in [-0.25, -0.2) is 9.59 Å². The third-order valence-corrected chi connectivity index (χ3v) is 6.14. The van der Waals surface area contributed by atoms with Gasteiger partial charge in [0.05, 0.1) is 18.1 Å². The topological polar surface area (TPSA) is 103 Å². The molecule has 2 amide bonds. The van der Waals surface area contributed by atoms with Gasteiger partial charge in [0.1, 0.15) is 18.0 Å². The van der Waals surface area contributed by atoms with Crippen LogP contribution in [0.1, 0.15) is 76.2 Å². The van der Waals surface area contributed by atoms with E-state index < -0.39 is 23.6 Å². The molecule has 2 atom stereocenters. The van der Waals surface area contributed by atoms with Crippen LogP contribution in [-0.2, 0) is 20.9 Å². The molecule has 0 spiro atoms. The summed E-state index contributed by atoms with van der Waals surface area (Å²) in [7, 11) is 0. The summed E-state index contributed by atoms with van der Waals surface area (Å²) >= 11 is 0. The van der Waals surface area contributed by atoms with Gasteiger partial charge in [0.25, 0.3) is 0 Å². The first kappa shape index (κ1) is 29.0. The maximum absolute atomic E-state index is 13.2. The van der Waals surface area contributed by atoms with Crippen LogP contribution in [0.4, 0.5) is 10.5 Å². The number of amides is 2. The van der Waals surface area contributed by atoms with Crippen molar-refractivity contribution in [2.45, 2.75) is 78.6 Å². The number of hydrogen-bond acceptors (Lipinski definition) is 6. The lowest BCUT2D eigenvalue weighted by molar-refractivity contribution is -0.120. The van der Waals surface area contributed by atoms with Gasteiger partial charge in [0.15, 0.2) is 0 Å². The van der Waals surface area contributed by atoms with Crippen molar-refractivity contribution in [1.82, 2.24) is 5.32 Å². The van der Waals surface area contributed by atoms with Crippen LogP contribution in [-0.4, -0.2) is 36.2 Å². The van der Waals surface area contributed by atoms with E-state index in [2.05, 4.69) is 24.5 Å². The molecule has 1 fully saturated rings. The van der Waals surface area contributed by atoms with Crippen molar-refractivity contribution < 1.29 is 28.6 Å². The fraction of sp³-hybridized carbons (Fsp3) is 0.500. The molecule has 2 N–H and O–H groups in total. The Hall–Kier alpha value is -3.55. The number of esters is 1. The van der Waals surface area contributed by atoms with E-state index in [-0.39, 0.29) is 24.1 Å². The second kappa shape index (κ2) is 13.3. The zero-order chi connectivity index (χ0) is 27.7. The molecular formula is C30H40N2O6. The molecule has 2 aromatic carbocycles. The molecule has 8 nitrogen and oxygen atoms in total. The summed E-state index contributed by atoms with van der Waals surface area (Å²) < 4.78 is 16.8. The molecule has 0 aliphatic heterocycles. The number of carbonyl (C=O) groups excluding carboxylic acids is 3. The van der Waals surface area contributed by atoms with Crippen molar-refractivity contribution in [1.29, 1.82) is 0 Å². The van der Waals surface area contributed by atoms with Gasteiger partial charge in [-0.05, 0) is 63.6 Å². The summed E-state index contributed by atoms with van der Waals surface area (Å²) in [5.41, 5.74) is 0.977. The van der Waals surface area contributed by atoms with E-state index in [4.69, 9.17) is 14.2 Å². The van der Waals surface area contributed by atoms with Crippen LogP contribution in [0.5, 0.6) is 5.75 Å². The first-order valence-electron chi connectivity index (χ1n) is 13.3. The van der Waals surface area contributed by atoms with Crippen molar-refractivity contribution in [3.05, 3.63) is 59.7 Å². The Kier molecular flexibility index (Phi) is 10.2. The molecule has 0 aromatic heterocycles. The minimum atomic E-state index is -0.623. The van der Waals surface area contributed by atoms with Crippen LogP contribution in [0.2, 0.25) is 0 Å². The van der Waals surface area contributed by atoms with Crippen molar-refractivity contribution in [3.63, 3.8) is 0 Å². The number of rotatable bonds is 10. The zero-order valence-electron chi connectivity index (χ0n) is 23.0. The normalized spacial score (nSPS) is 17.1. The molecule has 206 valence electrons. The largest absolute Gasteiger partial charge is 0.493 e. The smallest absolute Gasteiger partial charge is 0.407 e. The van der Waals surface area contributed by atoms with E-state index >= 15 is 0 Å². The fourth-order valence-corrected chi connectivity index (χ4v) is 4.23. The molecule has 1 aliphatic rings. The molecule has 1 aliphatic carbocycles. The van der Waals surface area contributed by atoms with E-state index in [0.717, 1.165) is 18.4 Å². The number of hydrogen-bond donors (Lipinski definition) is 2. The number of nitrogens with one attached hydrogen (secondary N) is 2. The molecule has 38 heavy (non-hydrogen) atoms. The SMILES string of the molecule is CC(C)CCOc1cc(NC(=O)[C@H]2CCC[C@@H]2NC(=O)OC(C)(C)C)cc(C(=O)OCc2ccccc2)c1. The molecule has 8 heteroatoms. The third-order valence-electron chi connectivity index (χ3n) is 6.14. The number of alkyl carbamates (subject to hydrolysis) is 1. The Balaban J connectivity index is 1.72. The Morgan fingerprint density at radius 1 is 1.03 bits per heavy atom. The Morgan fingerprint density at radius 3 is 2.45 bits per heavy atom. The number of carbonyl (C=O) groups is 3. The average molecular weight is 525 g/mol. The highest BCUT2D eigenvalue weighted by atomic mass is 16.6. The predicted molar refractivity (Wildman–Crippen MR) is 146 cm³/mol. The molecule has 2 aromatic rings. The van der Waals surface area contributed by atoms with E-state index in [9.17, 15) is 14.4 Å². The molecule has 3 rings (SSSR count). The van der Waals surface area contributed by atoms with Gasteiger partial charge in [-0.3, -0.25) is 4.79 Å². The first-order chi connectivity index (χ1) is 18.0. The van der Waals surface area contributed by atoms with Crippen LogP contribution in [0, 0.1) is 11.8 Å². The van der Waals surface area contributed by atoms with Gasteiger partial charge in [-0.2, -0.15) is 0 Å². The first-order valence-corrected chi connectivity index (χ1v) is 13.3. The highest BCUT2D eigenvalue weighted by Crippen LogP contribution is 2.29. The summed E-state index contributed by atoms with van der Waals surface area (Å²) in [4.78, 5) is 38.4. The van der Waals surface area contributed by atoms with Gasteiger partial charge in [-0.1, -0.05) is 50.6 Å². The van der Waals surface area contributed by atoms with Crippen molar-refractivity contribution in [3.8, 4) is 5.75 Å². The van der Waals surface area contributed by atoms with E-state index in [1.807, 2.05) is 30.3 Å². The minimum Gasteiger partial charge on any atom is -0.493 e. The summed E-state index contributed by atoms with van der Waals surface area (Å²) in [5.74, 6) is -0.216. The van der Waals surface area contributed by atoms with Gasteiger partial charge in [-0.15, -0.1) is 0 Å². The minimum absolute atomic E-state index is 0.139. The van der Waals surface area contributed by atoms with Crippen LogP contribution in [0.25, 0.3) is 0 Å². The molecule has 0 heterocycles. The monoisotopic (exact) mass is 524 g/mol. The van der Waals surface area contributed by atoms with Gasteiger partial charge in [0.2, 0.25) is 5.91 Å². The highest BCUT2D eigenvalue weighted by Gasteiger charge is 2.35. The second-order valence-electron chi connectivity index (χ2n) is 11.1. The number of ether oxygens (including phenoxy) is 3. The average Bonchev–Trinajstić information content (AvgIpc) is 3.29. The maximum atomic E-state index is 13.2. The number of anilines is 1.